The molecule has 0 amide bonds. The van der Waals surface area contributed by atoms with E-state index >= 15 is 0 Å². The van der Waals surface area contributed by atoms with Crippen LogP contribution in [0, 0.1) is 0 Å². The molecule has 0 fully saturated rings. The molecular formula is C29H34N2O8. The van der Waals surface area contributed by atoms with Gasteiger partial charge in [-0.2, -0.15) is 0 Å². The summed E-state index contributed by atoms with van der Waals surface area (Å²) in [7, 11) is 6.30. The van der Waals surface area contributed by atoms with Gasteiger partial charge in [0.15, 0.2) is 0 Å². The molecule has 0 aliphatic heterocycles. The maximum Gasteiger partial charge on any atom is 0.331 e. The van der Waals surface area contributed by atoms with Gasteiger partial charge in [-0.1, -0.05) is 30.3 Å². The van der Waals surface area contributed by atoms with Crippen molar-refractivity contribution >= 4 is 29.6 Å². The fourth-order valence-electron chi connectivity index (χ4n) is 3.38. The Morgan fingerprint density at radius 1 is 0.692 bits per heavy atom. The van der Waals surface area contributed by atoms with Crippen molar-refractivity contribution in [3.8, 4) is 11.1 Å². The second kappa shape index (κ2) is 16.4. The van der Waals surface area contributed by atoms with E-state index in [4.69, 9.17) is 9.47 Å². The maximum atomic E-state index is 11.7. The number of ether oxygens (including phenoxy) is 4. The largest absolute Gasteiger partial charge is 0.466 e. The fourth-order valence-corrected chi connectivity index (χ4v) is 3.38. The van der Waals surface area contributed by atoms with E-state index in [9.17, 15) is 19.2 Å². The molecule has 10 nitrogen and oxygen atoms in total. The van der Waals surface area contributed by atoms with Crippen LogP contribution in [0.2, 0.25) is 0 Å². The second-order valence-corrected chi connectivity index (χ2v) is 8.46. The van der Waals surface area contributed by atoms with Crippen LogP contribution in [0.1, 0.15) is 5.56 Å². The van der Waals surface area contributed by atoms with Gasteiger partial charge in [0.25, 0.3) is 0 Å². The number of hydrogen-bond donors (Lipinski definition) is 0. The van der Waals surface area contributed by atoms with E-state index < -0.39 is 23.9 Å². The minimum Gasteiger partial charge on any atom is -0.466 e. The summed E-state index contributed by atoms with van der Waals surface area (Å²) >= 11 is 0. The van der Waals surface area contributed by atoms with Gasteiger partial charge in [0.1, 0.15) is 13.2 Å². The Kier molecular flexibility index (Phi) is 13.0. The molecule has 0 aliphatic rings. The number of carbonyl (C=O) groups is 4. The van der Waals surface area contributed by atoms with Crippen LogP contribution in [0.25, 0.3) is 11.1 Å². The third-order valence-corrected chi connectivity index (χ3v) is 5.50. The lowest BCUT2D eigenvalue weighted by molar-refractivity contribution is -0.139. The summed E-state index contributed by atoms with van der Waals surface area (Å²) in [4.78, 5) is 49.4. The number of nitrogens with zero attached hydrogens (tertiary/aromatic N) is 2. The van der Waals surface area contributed by atoms with E-state index in [1.165, 1.54) is 14.2 Å². The lowest BCUT2D eigenvalue weighted by atomic mass is 10.0. The van der Waals surface area contributed by atoms with E-state index in [1.807, 2.05) is 60.3 Å². The number of carbonyl (C=O) groups excluding carboxylic acids is 4. The Morgan fingerprint density at radius 2 is 1.21 bits per heavy atom. The van der Waals surface area contributed by atoms with E-state index in [1.54, 1.807) is 0 Å². The molecule has 0 atom stereocenters. The van der Waals surface area contributed by atoms with Gasteiger partial charge >= 0.3 is 23.9 Å². The van der Waals surface area contributed by atoms with Crippen LogP contribution in [-0.4, -0.2) is 83.4 Å². The molecule has 0 saturated carbocycles. The zero-order valence-corrected chi connectivity index (χ0v) is 22.6. The maximum absolute atomic E-state index is 11.7. The van der Waals surface area contributed by atoms with Gasteiger partial charge in [-0.25, -0.2) is 19.2 Å². The highest BCUT2D eigenvalue weighted by molar-refractivity contribution is 5.92. The lowest BCUT2D eigenvalue weighted by Gasteiger charge is -2.20. The third-order valence-electron chi connectivity index (χ3n) is 5.50. The molecule has 39 heavy (non-hydrogen) atoms. The second-order valence-electron chi connectivity index (χ2n) is 8.46. The molecule has 208 valence electrons. The van der Waals surface area contributed by atoms with Crippen LogP contribution in [-0.2, 0) is 44.7 Å². The molecule has 0 radical (unpaired) electrons. The summed E-state index contributed by atoms with van der Waals surface area (Å²) in [5.74, 6) is -2.45. The number of esters is 4. The van der Waals surface area contributed by atoms with E-state index in [0.717, 1.165) is 46.7 Å². The standard InChI is InChI=1S/C29H34N2O8/c1-30(15-17-38-28(34)13-11-26(32)36-3)21-22-7-5-8-23(19-22)24-9-6-10-25(20-24)31(2)16-18-39-29(35)14-12-27(33)37-4/h5-14,19-20H,15-18,21H2,1-4H3. The number of likely N-dealkylation sites (N-methyl/N-ethyl adjacent to an activating group) is 2. The minimum atomic E-state index is -0.621. The molecular weight excluding hydrogens is 504 g/mol. The third kappa shape index (κ3) is 11.7. The molecule has 10 heteroatoms. The summed E-state index contributed by atoms with van der Waals surface area (Å²) in [6, 6.07) is 16.2. The Labute approximate surface area is 228 Å². The van der Waals surface area contributed by atoms with Crippen molar-refractivity contribution < 1.29 is 38.1 Å². The predicted molar refractivity (Wildman–Crippen MR) is 146 cm³/mol. The molecule has 0 spiro atoms. The Morgan fingerprint density at radius 3 is 1.79 bits per heavy atom. The van der Waals surface area contributed by atoms with E-state index in [-0.39, 0.29) is 13.2 Å². The number of benzene rings is 2. The molecule has 0 aliphatic carbocycles. The Bertz CT molecular complexity index is 1190. The van der Waals surface area contributed by atoms with Gasteiger partial charge < -0.3 is 23.8 Å². The van der Waals surface area contributed by atoms with Gasteiger partial charge in [0.05, 0.1) is 20.8 Å². The number of hydrogen-bond acceptors (Lipinski definition) is 10. The molecule has 0 unspecified atom stereocenters. The van der Waals surface area contributed by atoms with Crippen molar-refractivity contribution in [1.82, 2.24) is 4.90 Å². The summed E-state index contributed by atoms with van der Waals surface area (Å²) in [5.41, 5.74) is 4.14. The molecule has 0 heterocycles. The van der Waals surface area contributed by atoms with E-state index in [2.05, 4.69) is 21.6 Å². The first kappa shape index (κ1) is 30.8. The van der Waals surface area contributed by atoms with Gasteiger partial charge in [0.2, 0.25) is 0 Å². The molecule has 2 rings (SSSR count). The number of anilines is 1. The molecule has 2 aromatic carbocycles. The Hall–Kier alpha value is -4.44. The summed E-state index contributed by atoms with van der Waals surface area (Å²) in [5, 5.41) is 0. The molecule has 2 aromatic rings. The molecule has 0 N–H and O–H groups in total. The van der Waals surface area contributed by atoms with Crippen LogP contribution >= 0.6 is 0 Å². The minimum absolute atomic E-state index is 0.157. The summed E-state index contributed by atoms with van der Waals surface area (Å²) in [6.07, 6.45) is 4.11. The molecule has 0 aromatic heterocycles. The highest BCUT2D eigenvalue weighted by Crippen LogP contribution is 2.25. The zero-order valence-electron chi connectivity index (χ0n) is 22.6. The van der Waals surface area contributed by atoms with Crippen LogP contribution in [0.3, 0.4) is 0 Å². The average Bonchev–Trinajstić information content (AvgIpc) is 2.94. The predicted octanol–water partition coefficient (Wildman–Crippen LogP) is 2.77. The lowest BCUT2D eigenvalue weighted by Crippen LogP contribution is -2.23. The smallest absolute Gasteiger partial charge is 0.331 e. The SMILES string of the molecule is COC(=O)C=CC(=O)OCCN(C)Cc1cccc(-c2cccc(N(C)CCOC(=O)C=CC(=O)OC)c2)c1. The number of methoxy groups -OCH3 is 2. The van der Waals surface area contributed by atoms with Crippen molar-refractivity contribution in [3.05, 3.63) is 78.4 Å². The first-order valence-electron chi connectivity index (χ1n) is 12.2. The van der Waals surface area contributed by atoms with Gasteiger partial charge in [-0.3, -0.25) is 4.90 Å². The first-order valence-corrected chi connectivity index (χ1v) is 12.2. The fraction of sp³-hybridized carbons (Fsp3) is 0.310. The van der Waals surface area contributed by atoms with Crippen LogP contribution < -0.4 is 4.90 Å². The highest BCUT2D eigenvalue weighted by Gasteiger charge is 2.08. The molecule has 0 bridgehead atoms. The van der Waals surface area contributed by atoms with Gasteiger partial charge in [-0.05, 0) is 41.9 Å². The number of rotatable bonds is 14. The first-order chi connectivity index (χ1) is 18.7. The van der Waals surface area contributed by atoms with Crippen LogP contribution in [0.4, 0.5) is 5.69 Å². The van der Waals surface area contributed by atoms with Gasteiger partial charge in [-0.15, -0.1) is 0 Å². The molecule has 0 saturated heterocycles. The zero-order chi connectivity index (χ0) is 28.6. The quantitative estimate of drug-likeness (QED) is 0.202. The topological polar surface area (TPSA) is 112 Å². The summed E-state index contributed by atoms with van der Waals surface area (Å²) in [6.45, 7) is 1.98. The summed E-state index contributed by atoms with van der Waals surface area (Å²) < 4.78 is 19.1. The highest BCUT2D eigenvalue weighted by atomic mass is 16.5. The normalized spacial score (nSPS) is 11.0. The van der Waals surface area contributed by atoms with Crippen molar-refractivity contribution in [2.75, 3.05) is 59.5 Å². The van der Waals surface area contributed by atoms with Gasteiger partial charge in [0, 0.05) is 50.1 Å². The van der Waals surface area contributed by atoms with Crippen molar-refractivity contribution in [2.45, 2.75) is 6.54 Å². The van der Waals surface area contributed by atoms with Crippen molar-refractivity contribution in [1.29, 1.82) is 0 Å². The van der Waals surface area contributed by atoms with Crippen molar-refractivity contribution in [3.63, 3.8) is 0 Å². The monoisotopic (exact) mass is 538 g/mol. The Balaban J connectivity index is 1.89. The average molecular weight is 539 g/mol. The van der Waals surface area contributed by atoms with Crippen molar-refractivity contribution in [2.24, 2.45) is 0 Å². The van der Waals surface area contributed by atoms with Crippen LogP contribution in [0.15, 0.2) is 72.8 Å². The van der Waals surface area contributed by atoms with Crippen LogP contribution in [0.5, 0.6) is 0 Å². The van der Waals surface area contributed by atoms with E-state index in [0.29, 0.717) is 19.6 Å².